The lowest BCUT2D eigenvalue weighted by atomic mass is 9.85. The molecule has 21 heavy (non-hydrogen) atoms. The largest absolute Gasteiger partial charge is 0.342 e. The van der Waals surface area contributed by atoms with Gasteiger partial charge in [0.1, 0.15) is 11.6 Å². The molecule has 2 fully saturated rings. The van der Waals surface area contributed by atoms with E-state index in [-0.39, 0.29) is 23.9 Å². The highest BCUT2D eigenvalue weighted by Gasteiger charge is 2.54. The molecule has 0 bridgehead atoms. The molecule has 1 saturated carbocycles. The van der Waals surface area contributed by atoms with Crippen molar-refractivity contribution in [3.05, 3.63) is 0 Å². The average molecular weight is 294 g/mol. The number of rotatable bonds is 5. The Hall–Kier alpha value is -1.06. The molecular formula is C17H30N2O2. The Bertz CT molecular complexity index is 400. The summed E-state index contributed by atoms with van der Waals surface area (Å²) in [4.78, 5) is 27.7. The molecular weight excluding hydrogens is 264 g/mol. The predicted molar refractivity (Wildman–Crippen MR) is 83.8 cm³/mol. The molecule has 1 N–H and O–H groups in total. The van der Waals surface area contributed by atoms with E-state index in [1.54, 1.807) is 0 Å². The molecule has 2 rings (SSSR count). The summed E-state index contributed by atoms with van der Waals surface area (Å²) in [7, 11) is 0. The first-order valence-electron chi connectivity index (χ1n) is 8.56. The molecule has 120 valence electrons. The number of nitrogens with one attached hydrogen (secondary N) is 1. The van der Waals surface area contributed by atoms with Crippen molar-refractivity contribution >= 4 is 11.8 Å². The average Bonchev–Trinajstić information content (AvgIpc) is 2.86. The van der Waals surface area contributed by atoms with Crippen molar-refractivity contribution < 1.29 is 9.59 Å². The second kappa shape index (κ2) is 6.37. The Morgan fingerprint density at radius 2 is 1.86 bits per heavy atom. The first-order valence-corrected chi connectivity index (χ1v) is 8.56. The van der Waals surface area contributed by atoms with Crippen LogP contribution in [0.5, 0.6) is 0 Å². The molecule has 1 aliphatic carbocycles. The molecule has 2 atom stereocenters. The van der Waals surface area contributed by atoms with Gasteiger partial charge in [0.05, 0.1) is 0 Å². The van der Waals surface area contributed by atoms with Crippen LogP contribution in [-0.2, 0) is 9.59 Å². The van der Waals surface area contributed by atoms with Gasteiger partial charge >= 0.3 is 0 Å². The zero-order chi connectivity index (χ0) is 15.6. The first kappa shape index (κ1) is 16.3. The molecule has 1 aliphatic heterocycles. The van der Waals surface area contributed by atoms with E-state index in [4.69, 9.17) is 0 Å². The van der Waals surface area contributed by atoms with Crippen molar-refractivity contribution in [2.75, 3.05) is 0 Å². The standard InChI is InChI=1S/C17H30N2O2/c1-5-8-13(4)19-15(20)14(11-12(2)3)18-16(21)17(19)9-6-7-10-17/h12-14H,5-11H2,1-4H3,(H,18,21). The summed E-state index contributed by atoms with van der Waals surface area (Å²) in [5.74, 6) is 0.638. The monoisotopic (exact) mass is 294 g/mol. The molecule has 4 heteroatoms. The second-order valence-corrected chi connectivity index (χ2v) is 7.24. The van der Waals surface area contributed by atoms with Gasteiger partial charge in [0.25, 0.3) is 0 Å². The van der Waals surface area contributed by atoms with E-state index in [0.717, 1.165) is 44.9 Å². The molecule has 1 saturated heterocycles. The molecule has 2 aliphatic rings. The van der Waals surface area contributed by atoms with Crippen molar-refractivity contribution in [2.24, 2.45) is 5.92 Å². The normalized spacial score (nSPS) is 26.5. The Kier molecular flexibility index (Phi) is 4.95. The van der Waals surface area contributed by atoms with Crippen LogP contribution in [0, 0.1) is 5.92 Å². The maximum absolute atomic E-state index is 13.0. The number of piperazine rings is 1. The van der Waals surface area contributed by atoms with Crippen molar-refractivity contribution in [2.45, 2.75) is 90.3 Å². The van der Waals surface area contributed by atoms with Gasteiger partial charge in [-0.2, -0.15) is 0 Å². The van der Waals surface area contributed by atoms with Gasteiger partial charge in [0.2, 0.25) is 11.8 Å². The summed E-state index contributed by atoms with van der Waals surface area (Å²) in [6.07, 6.45) is 6.48. The number of amides is 2. The minimum absolute atomic E-state index is 0.0909. The molecule has 0 aromatic heterocycles. The molecule has 0 radical (unpaired) electrons. The summed E-state index contributed by atoms with van der Waals surface area (Å²) in [5, 5.41) is 3.03. The van der Waals surface area contributed by atoms with Gasteiger partial charge in [0.15, 0.2) is 0 Å². The minimum atomic E-state index is -0.556. The smallest absolute Gasteiger partial charge is 0.246 e. The third-order valence-electron chi connectivity index (χ3n) is 5.01. The Labute approximate surface area is 128 Å². The highest BCUT2D eigenvalue weighted by atomic mass is 16.2. The summed E-state index contributed by atoms with van der Waals surface area (Å²) >= 11 is 0. The van der Waals surface area contributed by atoms with Crippen molar-refractivity contribution in [1.29, 1.82) is 0 Å². The van der Waals surface area contributed by atoms with E-state index in [9.17, 15) is 9.59 Å². The molecule has 2 amide bonds. The van der Waals surface area contributed by atoms with Gasteiger partial charge in [-0.1, -0.05) is 40.0 Å². The van der Waals surface area contributed by atoms with Crippen LogP contribution < -0.4 is 5.32 Å². The van der Waals surface area contributed by atoms with Gasteiger partial charge in [-0.15, -0.1) is 0 Å². The number of hydrogen-bond donors (Lipinski definition) is 1. The molecule has 2 unspecified atom stereocenters. The summed E-state index contributed by atoms with van der Waals surface area (Å²) in [5.41, 5.74) is -0.556. The van der Waals surface area contributed by atoms with E-state index >= 15 is 0 Å². The van der Waals surface area contributed by atoms with E-state index in [1.165, 1.54) is 0 Å². The van der Waals surface area contributed by atoms with Gasteiger partial charge in [-0.25, -0.2) is 0 Å². The molecule has 4 nitrogen and oxygen atoms in total. The van der Waals surface area contributed by atoms with Gasteiger partial charge < -0.3 is 10.2 Å². The topological polar surface area (TPSA) is 49.4 Å². The predicted octanol–water partition coefficient (Wildman–Crippen LogP) is 2.86. The van der Waals surface area contributed by atoms with Crippen LogP contribution in [0.1, 0.15) is 72.6 Å². The van der Waals surface area contributed by atoms with Crippen LogP contribution in [0.4, 0.5) is 0 Å². The summed E-state index contributed by atoms with van der Waals surface area (Å²) in [6.45, 7) is 8.43. The van der Waals surface area contributed by atoms with Crippen LogP contribution in [0.25, 0.3) is 0 Å². The third kappa shape index (κ3) is 2.95. The molecule has 1 heterocycles. The second-order valence-electron chi connectivity index (χ2n) is 7.24. The zero-order valence-electron chi connectivity index (χ0n) is 13.9. The zero-order valence-corrected chi connectivity index (χ0v) is 13.9. The van der Waals surface area contributed by atoms with Crippen molar-refractivity contribution in [3.8, 4) is 0 Å². The van der Waals surface area contributed by atoms with Crippen molar-refractivity contribution in [1.82, 2.24) is 10.2 Å². The maximum Gasteiger partial charge on any atom is 0.246 e. The molecule has 1 spiro atoms. The lowest BCUT2D eigenvalue weighted by Crippen LogP contribution is -2.71. The van der Waals surface area contributed by atoms with E-state index < -0.39 is 5.54 Å². The number of nitrogens with zero attached hydrogens (tertiary/aromatic N) is 1. The highest BCUT2D eigenvalue weighted by molar-refractivity contribution is 6.00. The fourth-order valence-electron chi connectivity index (χ4n) is 4.09. The van der Waals surface area contributed by atoms with Crippen LogP contribution in [-0.4, -0.2) is 34.3 Å². The van der Waals surface area contributed by atoms with Crippen LogP contribution in [0.2, 0.25) is 0 Å². The quantitative estimate of drug-likeness (QED) is 0.847. The van der Waals surface area contributed by atoms with E-state index in [0.29, 0.717) is 5.92 Å². The van der Waals surface area contributed by atoms with Crippen LogP contribution in [0.15, 0.2) is 0 Å². The SMILES string of the molecule is CCCC(C)N1C(=O)C(CC(C)C)NC(=O)C12CCCC2. The molecule has 0 aromatic carbocycles. The third-order valence-corrected chi connectivity index (χ3v) is 5.01. The number of carbonyl (C=O) groups is 2. The maximum atomic E-state index is 13.0. The lowest BCUT2D eigenvalue weighted by Gasteiger charge is -2.49. The minimum Gasteiger partial charge on any atom is -0.342 e. The molecule has 0 aromatic rings. The van der Waals surface area contributed by atoms with Gasteiger partial charge in [-0.05, 0) is 38.5 Å². The fourth-order valence-corrected chi connectivity index (χ4v) is 4.09. The number of hydrogen-bond acceptors (Lipinski definition) is 2. The van der Waals surface area contributed by atoms with Crippen LogP contribution in [0.3, 0.4) is 0 Å². The first-order chi connectivity index (χ1) is 9.92. The van der Waals surface area contributed by atoms with E-state index in [1.807, 2.05) is 4.90 Å². The lowest BCUT2D eigenvalue weighted by molar-refractivity contribution is -0.161. The fraction of sp³-hybridized carbons (Fsp3) is 0.882. The van der Waals surface area contributed by atoms with Crippen molar-refractivity contribution in [3.63, 3.8) is 0 Å². The van der Waals surface area contributed by atoms with Gasteiger partial charge in [-0.3, -0.25) is 9.59 Å². The highest BCUT2D eigenvalue weighted by Crippen LogP contribution is 2.40. The van der Waals surface area contributed by atoms with E-state index in [2.05, 4.69) is 33.0 Å². The Balaban J connectivity index is 2.30. The van der Waals surface area contributed by atoms with Crippen LogP contribution >= 0.6 is 0 Å². The Morgan fingerprint density at radius 1 is 1.24 bits per heavy atom. The Morgan fingerprint density at radius 3 is 2.38 bits per heavy atom. The number of carbonyl (C=O) groups excluding carboxylic acids is 2. The summed E-state index contributed by atoms with van der Waals surface area (Å²) in [6, 6.07) is -0.177. The van der Waals surface area contributed by atoms with Gasteiger partial charge in [0, 0.05) is 6.04 Å². The summed E-state index contributed by atoms with van der Waals surface area (Å²) < 4.78 is 0.